The summed E-state index contributed by atoms with van der Waals surface area (Å²) in [5.74, 6) is 2.53. The Kier molecular flexibility index (Phi) is 4.63. The third kappa shape index (κ3) is 3.24. The number of rotatable bonds is 4. The molecule has 5 nitrogen and oxygen atoms in total. The van der Waals surface area contributed by atoms with E-state index in [4.69, 9.17) is 15.8 Å². The molecule has 0 unspecified atom stereocenters. The Bertz CT molecular complexity index is 768. The van der Waals surface area contributed by atoms with E-state index in [1.807, 2.05) is 35.7 Å². The Morgan fingerprint density at radius 3 is 2.45 bits per heavy atom. The first-order valence-corrected chi connectivity index (χ1v) is 10.3. The van der Waals surface area contributed by atoms with E-state index in [0.717, 1.165) is 17.1 Å². The lowest BCUT2D eigenvalue weighted by molar-refractivity contribution is 0.483. The van der Waals surface area contributed by atoms with Crippen LogP contribution in [0.2, 0.25) is 5.15 Å². The maximum absolute atomic E-state index is 12.2. The average Bonchev–Trinajstić information content (AvgIpc) is 3.11. The summed E-state index contributed by atoms with van der Waals surface area (Å²) in [4.78, 5) is 3.78. The zero-order valence-corrected chi connectivity index (χ0v) is 14.8. The first-order chi connectivity index (χ1) is 10.5. The molecule has 2 heterocycles. The van der Waals surface area contributed by atoms with Crippen LogP contribution < -0.4 is 4.18 Å². The minimum atomic E-state index is -4.03. The van der Waals surface area contributed by atoms with Gasteiger partial charge in [-0.25, -0.2) is 4.98 Å². The third-order valence-electron chi connectivity index (χ3n) is 3.05. The highest BCUT2D eigenvalue weighted by Crippen LogP contribution is 2.45. The van der Waals surface area contributed by atoms with Crippen LogP contribution in [0.25, 0.3) is 0 Å². The van der Waals surface area contributed by atoms with Gasteiger partial charge in [0.2, 0.25) is 5.03 Å². The molecule has 0 atom stereocenters. The molecule has 0 radical (unpaired) electrons. The predicted octanol–water partition coefficient (Wildman–Crippen LogP) is 3.32. The fourth-order valence-corrected chi connectivity index (χ4v) is 6.16. The van der Waals surface area contributed by atoms with E-state index in [-0.39, 0.29) is 15.9 Å². The van der Waals surface area contributed by atoms with Crippen LogP contribution in [0.1, 0.15) is 10.1 Å². The molecule has 1 aromatic carbocycles. The Balaban J connectivity index is 1.79. The van der Waals surface area contributed by atoms with Crippen LogP contribution in [-0.4, -0.2) is 29.5 Å². The second-order valence-corrected chi connectivity index (χ2v) is 9.18. The fourth-order valence-electron chi connectivity index (χ4n) is 1.96. The number of hydrogen-bond donors (Lipinski definition) is 0. The summed E-state index contributed by atoms with van der Waals surface area (Å²) in [5.41, 5.74) is 1.16. The second kappa shape index (κ2) is 6.35. The molecule has 1 aliphatic heterocycles. The van der Waals surface area contributed by atoms with Crippen LogP contribution in [0.3, 0.4) is 0 Å². The zero-order valence-electron chi connectivity index (χ0n) is 11.6. The van der Waals surface area contributed by atoms with Crippen molar-refractivity contribution in [3.8, 4) is 5.75 Å². The van der Waals surface area contributed by atoms with Crippen molar-refractivity contribution in [3.05, 3.63) is 41.3 Å². The van der Waals surface area contributed by atoms with Crippen molar-refractivity contribution < 1.29 is 12.6 Å². The van der Waals surface area contributed by atoms with E-state index < -0.39 is 10.1 Å². The van der Waals surface area contributed by atoms with E-state index in [0.29, 0.717) is 4.58 Å². The molecule has 1 aromatic heterocycles. The zero-order chi connectivity index (χ0) is 15.7. The van der Waals surface area contributed by atoms with Gasteiger partial charge in [0.15, 0.2) is 5.15 Å². The Morgan fingerprint density at radius 2 is 1.91 bits per heavy atom. The molecule has 0 saturated carbocycles. The van der Waals surface area contributed by atoms with Crippen LogP contribution >= 0.6 is 35.1 Å². The maximum Gasteiger partial charge on any atom is 0.360 e. The van der Waals surface area contributed by atoms with Gasteiger partial charge in [0.1, 0.15) is 5.75 Å². The molecule has 0 aliphatic carbocycles. The van der Waals surface area contributed by atoms with Gasteiger partial charge in [-0.1, -0.05) is 23.7 Å². The lowest BCUT2D eigenvalue weighted by atomic mass is 10.2. The van der Waals surface area contributed by atoms with Gasteiger partial charge < -0.3 is 8.75 Å². The van der Waals surface area contributed by atoms with E-state index in [2.05, 4.69) is 4.98 Å². The number of aryl methyl sites for hydroxylation is 1. The average molecular weight is 377 g/mol. The molecule has 1 saturated heterocycles. The summed E-state index contributed by atoms with van der Waals surface area (Å²) in [6, 6.07) is 7.09. The maximum atomic E-state index is 12.2. The first kappa shape index (κ1) is 16.0. The largest absolute Gasteiger partial charge is 0.378 e. The van der Waals surface area contributed by atoms with E-state index >= 15 is 0 Å². The van der Waals surface area contributed by atoms with Gasteiger partial charge >= 0.3 is 10.1 Å². The van der Waals surface area contributed by atoms with E-state index in [1.165, 1.54) is 10.9 Å². The van der Waals surface area contributed by atoms with E-state index in [1.54, 1.807) is 19.2 Å². The normalized spacial score (nSPS) is 16.1. The second-order valence-electron chi connectivity index (χ2n) is 4.63. The molecule has 9 heteroatoms. The molecule has 2 aromatic rings. The summed E-state index contributed by atoms with van der Waals surface area (Å²) >= 11 is 9.69. The molecule has 1 fully saturated rings. The summed E-state index contributed by atoms with van der Waals surface area (Å²) < 4.78 is 31.3. The predicted molar refractivity (Wildman–Crippen MR) is 90.1 cm³/mol. The third-order valence-corrected chi connectivity index (χ3v) is 7.90. The lowest BCUT2D eigenvalue weighted by Gasteiger charge is -2.10. The Labute approximate surface area is 142 Å². The van der Waals surface area contributed by atoms with Gasteiger partial charge in [-0.05, 0) is 17.7 Å². The molecular weight excluding hydrogens is 364 g/mol. The molecule has 0 N–H and O–H groups in total. The summed E-state index contributed by atoms with van der Waals surface area (Å²) in [6.07, 6.45) is 1.33. The van der Waals surface area contributed by atoms with Gasteiger partial charge in [0.25, 0.3) is 0 Å². The van der Waals surface area contributed by atoms with Crippen LogP contribution in [-0.2, 0) is 17.2 Å². The van der Waals surface area contributed by atoms with Crippen LogP contribution in [0.4, 0.5) is 0 Å². The van der Waals surface area contributed by atoms with Crippen molar-refractivity contribution in [1.82, 2.24) is 9.55 Å². The van der Waals surface area contributed by atoms with Gasteiger partial charge in [-0.3, -0.25) is 0 Å². The van der Waals surface area contributed by atoms with Crippen LogP contribution in [0.15, 0.2) is 35.6 Å². The molecule has 1 aliphatic rings. The van der Waals surface area contributed by atoms with Crippen LogP contribution in [0.5, 0.6) is 5.75 Å². The molecule has 118 valence electrons. The highest BCUT2D eigenvalue weighted by molar-refractivity contribution is 8.19. The summed E-state index contributed by atoms with van der Waals surface area (Å²) in [6.45, 7) is 0. The Morgan fingerprint density at radius 1 is 1.27 bits per heavy atom. The summed E-state index contributed by atoms with van der Waals surface area (Å²) in [7, 11) is -2.42. The fraction of sp³-hybridized carbons (Fsp3) is 0.308. The number of imidazole rings is 1. The topological polar surface area (TPSA) is 61.2 Å². The monoisotopic (exact) mass is 376 g/mol. The number of benzene rings is 1. The van der Waals surface area contributed by atoms with Gasteiger partial charge in [-0.2, -0.15) is 8.42 Å². The smallest absolute Gasteiger partial charge is 0.360 e. The van der Waals surface area contributed by atoms with Crippen molar-refractivity contribution >= 4 is 45.2 Å². The highest BCUT2D eigenvalue weighted by atomic mass is 35.5. The molecular formula is C13H13ClN2O3S3. The van der Waals surface area contributed by atoms with Gasteiger partial charge in [0, 0.05) is 18.6 Å². The number of nitrogens with zero attached hydrogens (tertiary/aromatic N) is 2. The van der Waals surface area contributed by atoms with Crippen LogP contribution in [0, 0.1) is 0 Å². The Hall–Kier alpha value is -0.830. The number of halogens is 1. The lowest BCUT2D eigenvalue weighted by Crippen LogP contribution is -2.11. The number of hydrogen-bond acceptors (Lipinski definition) is 6. The quantitative estimate of drug-likeness (QED) is 0.763. The number of aromatic nitrogens is 2. The van der Waals surface area contributed by atoms with E-state index in [9.17, 15) is 8.42 Å². The van der Waals surface area contributed by atoms with Crippen molar-refractivity contribution in [3.63, 3.8) is 0 Å². The number of thioether (sulfide) groups is 2. The molecule has 3 rings (SSSR count). The molecule has 0 amide bonds. The van der Waals surface area contributed by atoms with Crippen molar-refractivity contribution in [1.29, 1.82) is 0 Å². The summed E-state index contributed by atoms with van der Waals surface area (Å²) in [5, 5.41) is -0.252. The molecule has 22 heavy (non-hydrogen) atoms. The highest BCUT2D eigenvalue weighted by Gasteiger charge is 2.25. The van der Waals surface area contributed by atoms with Crippen molar-refractivity contribution in [2.45, 2.75) is 9.61 Å². The van der Waals surface area contributed by atoms with Gasteiger partial charge in [0.05, 0.1) is 10.9 Å². The SMILES string of the molecule is Cn1cnc(S(=O)(=O)Oc2ccc(C3SCCS3)cc2)c1Cl. The molecule has 0 spiro atoms. The van der Waals surface area contributed by atoms with Crippen molar-refractivity contribution in [2.24, 2.45) is 7.05 Å². The van der Waals surface area contributed by atoms with Crippen molar-refractivity contribution in [2.75, 3.05) is 11.5 Å². The standard InChI is InChI=1S/C13H13ClN2O3S3/c1-16-8-15-12(11(16)14)22(17,18)19-10-4-2-9(3-5-10)13-20-6-7-21-13/h2-5,8,13H,6-7H2,1H3. The first-order valence-electron chi connectivity index (χ1n) is 6.42. The van der Waals surface area contributed by atoms with Gasteiger partial charge in [-0.15, -0.1) is 23.5 Å². The minimum absolute atomic E-state index is 0.0235. The minimum Gasteiger partial charge on any atom is -0.378 e. The molecule has 0 bridgehead atoms.